The van der Waals surface area contributed by atoms with E-state index in [4.69, 9.17) is 4.74 Å². The third kappa shape index (κ3) is 3.83. The van der Waals surface area contributed by atoms with Gasteiger partial charge in [0.1, 0.15) is 5.75 Å². The van der Waals surface area contributed by atoms with E-state index in [1.54, 1.807) is 18.4 Å². The lowest BCUT2D eigenvalue weighted by atomic mass is 10.1. The first-order chi connectivity index (χ1) is 11.7. The molecule has 3 rings (SSSR count). The molecule has 0 bridgehead atoms. The second kappa shape index (κ2) is 7.60. The number of rotatable bonds is 6. The van der Waals surface area contributed by atoms with Gasteiger partial charge in [-0.05, 0) is 37.1 Å². The molecule has 1 atom stereocenters. The quantitative estimate of drug-likeness (QED) is 0.688. The van der Waals surface area contributed by atoms with Crippen LogP contribution in [-0.2, 0) is 6.54 Å². The highest BCUT2D eigenvalue weighted by atomic mass is 32.1. The molecule has 0 radical (unpaired) electrons. The molecule has 24 heavy (non-hydrogen) atoms. The Hall–Kier alpha value is -2.17. The second-order valence-corrected chi connectivity index (χ2v) is 6.86. The van der Waals surface area contributed by atoms with Crippen molar-refractivity contribution < 1.29 is 4.74 Å². The summed E-state index contributed by atoms with van der Waals surface area (Å²) in [6, 6.07) is 17.1. The van der Waals surface area contributed by atoms with Crippen molar-refractivity contribution in [2.45, 2.75) is 26.4 Å². The molecular formula is C20H22N2OS. The fourth-order valence-corrected chi connectivity index (χ4v) is 3.30. The van der Waals surface area contributed by atoms with Crippen LogP contribution >= 0.6 is 11.3 Å². The first-order valence-corrected chi connectivity index (χ1v) is 8.93. The van der Waals surface area contributed by atoms with Crippen LogP contribution in [0.25, 0.3) is 11.3 Å². The molecule has 1 heterocycles. The van der Waals surface area contributed by atoms with E-state index in [0.29, 0.717) is 6.04 Å². The summed E-state index contributed by atoms with van der Waals surface area (Å²) >= 11 is 1.66. The lowest BCUT2D eigenvalue weighted by Gasteiger charge is -2.15. The smallest absolute Gasteiger partial charge is 0.128 e. The number of aromatic nitrogens is 1. The van der Waals surface area contributed by atoms with E-state index in [0.717, 1.165) is 28.6 Å². The van der Waals surface area contributed by atoms with Crippen molar-refractivity contribution in [1.82, 2.24) is 10.3 Å². The van der Waals surface area contributed by atoms with Gasteiger partial charge in [-0.1, -0.05) is 36.4 Å². The van der Waals surface area contributed by atoms with Gasteiger partial charge in [-0.15, -0.1) is 11.3 Å². The SMILES string of the molecule is COc1ccc(CNC(C)c2ccccc2)cc1-c1csc(C)n1. The number of aryl methyl sites for hydroxylation is 1. The predicted molar refractivity (Wildman–Crippen MR) is 101 cm³/mol. The number of hydrogen-bond donors (Lipinski definition) is 1. The zero-order valence-electron chi connectivity index (χ0n) is 14.2. The summed E-state index contributed by atoms with van der Waals surface area (Å²) in [5, 5.41) is 6.72. The van der Waals surface area contributed by atoms with Crippen LogP contribution in [0, 0.1) is 6.92 Å². The van der Waals surface area contributed by atoms with Crippen molar-refractivity contribution in [3.05, 3.63) is 70.0 Å². The molecule has 2 aromatic carbocycles. The van der Waals surface area contributed by atoms with Gasteiger partial charge in [0.2, 0.25) is 0 Å². The van der Waals surface area contributed by atoms with Gasteiger partial charge in [-0.3, -0.25) is 0 Å². The van der Waals surface area contributed by atoms with E-state index in [9.17, 15) is 0 Å². The number of thiazole rings is 1. The highest BCUT2D eigenvalue weighted by Gasteiger charge is 2.11. The Kier molecular flexibility index (Phi) is 5.28. The van der Waals surface area contributed by atoms with Gasteiger partial charge in [0, 0.05) is 23.5 Å². The lowest BCUT2D eigenvalue weighted by molar-refractivity contribution is 0.416. The molecular weight excluding hydrogens is 316 g/mol. The van der Waals surface area contributed by atoms with Crippen molar-refractivity contribution in [2.75, 3.05) is 7.11 Å². The summed E-state index contributed by atoms with van der Waals surface area (Å²) < 4.78 is 5.50. The zero-order valence-corrected chi connectivity index (χ0v) is 15.1. The predicted octanol–water partition coefficient (Wildman–Crippen LogP) is 4.98. The third-order valence-corrected chi connectivity index (χ3v) is 4.84. The molecule has 0 aliphatic heterocycles. The van der Waals surface area contributed by atoms with Gasteiger partial charge in [-0.25, -0.2) is 4.98 Å². The third-order valence-electron chi connectivity index (χ3n) is 4.07. The number of benzene rings is 2. The monoisotopic (exact) mass is 338 g/mol. The van der Waals surface area contributed by atoms with Gasteiger partial charge in [0.05, 0.1) is 17.8 Å². The van der Waals surface area contributed by atoms with Gasteiger partial charge in [0.25, 0.3) is 0 Å². The molecule has 4 heteroatoms. The van der Waals surface area contributed by atoms with Gasteiger partial charge in [0.15, 0.2) is 0 Å². The number of nitrogens with one attached hydrogen (secondary N) is 1. The second-order valence-electron chi connectivity index (χ2n) is 5.80. The Labute approximate surface area is 147 Å². The maximum atomic E-state index is 5.50. The number of methoxy groups -OCH3 is 1. The molecule has 0 amide bonds. The van der Waals surface area contributed by atoms with E-state index in [2.05, 4.69) is 59.0 Å². The zero-order chi connectivity index (χ0) is 16.9. The standard InChI is InChI=1S/C20H22N2OS/c1-14(17-7-5-4-6-8-17)21-12-16-9-10-20(23-3)18(11-16)19-13-24-15(2)22-19/h4-11,13-14,21H,12H2,1-3H3. The highest BCUT2D eigenvalue weighted by molar-refractivity contribution is 7.09. The van der Waals surface area contributed by atoms with Crippen LogP contribution in [0.1, 0.15) is 29.1 Å². The fraction of sp³-hybridized carbons (Fsp3) is 0.250. The Morgan fingerprint density at radius 1 is 1.17 bits per heavy atom. The minimum absolute atomic E-state index is 0.304. The Balaban J connectivity index is 1.77. The Bertz CT molecular complexity index is 798. The molecule has 3 nitrogen and oxygen atoms in total. The van der Waals surface area contributed by atoms with E-state index in [-0.39, 0.29) is 0 Å². The summed E-state index contributed by atoms with van der Waals surface area (Å²) in [6.45, 7) is 5.01. The van der Waals surface area contributed by atoms with Crippen molar-refractivity contribution in [1.29, 1.82) is 0 Å². The van der Waals surface area contributed by atoms with E-state index >= 15 is 0 Å². The molecule has 0 spiro atoms. The van der Waals surface area contributed by atoms with E-state index in [1.807, 2.05) is 19.1 Å². The van der Waals surface area contributed by atoms with Crippen molar-refractivity contribution in [2.24, 2.45) is 0 Å². The number of hydrogen-bond acceptors (Lipinski definition) is 4. The molecule has 1 unspecified atom stereocenters. The molecule has 1 aromatic heterocycles. The molecule has 0 aliphatic carbocycles. The average molecular weight is 338 g/mol. The van der Waals surface area contributed by atoms with Crippen LogP contribution in [0.15, 0.2) is 53.9 Å². The lowest BCUT2D eigenvalue weighted by Crippen LogP contribution is -2.18. The highest BCUT2D eigenvalue weighted by Crippen LogP contribution is 2.31. The summed E-state index contributed by atoms with van der Waals surface area (Å²) in [5.41, 5.74) is 4.54. The minimum atomic E-state index is 0.304. The summed E-state index contributed by atoms with van der Waals surface area (Å²) in [5.74, 6) is 0.861. The number of ether oxygens (including phenoxy) is 1. The van der Waals surface area contributed by atoms with Crippen molar-refractivity contribution >= 4 is 11.3 Å². The maximum absolute atomic E-state index is 5.50. The molecule has 3 aromatic rings. The molecule has 124 valence electrons. The largest absolute Gasteiger partial charge is 0.496 e. The van der Waals surface area contributed by atoms with Crippen LogP contribution in [0.2, 0.25) is 0 Å². The number of nitrogens with zero attached hydrogens (tertiary/aromatic N) is 1. The van der Waals surface area contributed by atoms with Crippen LogP contribution in [0.4, 0.5) is 0 Å². The molecule has 0 aliphatic rings. The van der Waals surface area contributed by atoms with Crippen LogP contribution in [-0.4, -0.2) is 12.1 Å². The van der Waals surface area contributed by atoms with Crippen LogP contribution in [0.3, 0.4) is 0 Å². The van der Waals surface area contributed by atoms with Gasteiger partial charge < -0.3 is 10.1 Å². The summed E-state index contributed by atoms with van der Waals surface area (Å²) in [6.07, 6.45) is 0. The topological polar surface area (TPSA) is 34.1 Å². The molecule has 0 saturated heterocycles. The minimum Gasteiger partial charge on any atom is -0.496 e. The summed E-state index contributed by atoms with van der Waals surface area (Å²) in [7, 11) is 1.70. The Morgan fingerprint density at radius 2 is 1.96 bits per heavy atom. The van der Waals surface area contributed by atoms with Crippen LogP contribution < -0.4 is 10.1 Å². The summed E-state index contributed by atoms with van der Waals surface area (Å²) in [4.78, 5) is 4.59. The maximum Gasteiger partial charge on any atom is 0.128 e. The Morgan fingerprint density at radius 3 is 2.62 bits per heavy atom. The molecule has 0 fully saturated rings. The van der Waals surface area contributed by atoms with Crippen LogP contribution in [0.5, 0.6) is 5.75 Å². The molecule has 1 N–H and O–H groups in total. The molecule has 0 saturated carbocycles. The van der Waals surface area contributed by atoms with Gasteiger partial charge in [-0.2, -0.15) is 0 Å². The normalized spacial score (nSPS) is 12.1. The first kappa shape index (κ1) is 16.7. The average Bonchev–Trinajstić information content (AvgIpc) is 3.06. The first-order valence-electron chi connectivity index (χ1n) is 8.05. The van der Waals surface area contributed by atoms with Crippen molar-refractivity contribution in [3.8, 4) is 17.0 Å². The van der Waals surface area contributed by atoms with E-state index < -0.39 is 0 Å². The van der Waals surface area contributed by atoms with Gasteiger partial charge >= 0.3 is 0 Å². The fourth-order valence-electron chi connectivity index (χ4n) is 2.68. The van der Waals surface area contributed by atoms with Crippen molar-refractivity contribution in [3.63, 3.8) is 0 Å². The van der Waals surface area contributed by atoms with E-state index in [1.165, 1.54) is 11.1 Å².